The fourth-order valence-corrected chi connectivity index (χ4v) is 5.53. The van der Waals surface area contributed by atoms with E-state index in [9.17, 15) is 14.4 Å². The van der Waals surface area contributed by atoms with Gasteiger partial charge in [-0.25, -0.2) is 9.78 Å². The Morgan fingerprint density at radius 1 is 1.21 bits per heavy atom. The molecule has 1 unspecified atom stereocenters. The number of esters is 1. The van der Waals surface area contributed by atoms with E-state index in [4.69, 9.17) is 30.2 Å². The smallest absolute Gasteiger partial charge is 0.350 e. The van der Waals surface area contributed by atoms with Crippen molar-refractivity contribution in [3.05, 3.63) is 91.8 Å². The summed E-state index contributed by atoms with van der Waals surface area (Å²) in [4.78, 5) is 46.0. The minimum atomic E-state index is -0.935. The molecule has 11 heteroatoms. The van der Waals surface area contributed by atoms with Crippen LogP contribution in [0.15, 0.2) is 58.3 Å². The van der Waals surface area contributed by atoms with Gasteiger partial charge in [-0.05, 0) is 42.8 Å². The van der Waals surface area contributed by atoms with Gasteiger partial charge in [-0.15, -0.1) is 0 Å². The van der Waals surface area contributed by atoms with Crippen molar-refractivity contribution in [1.82, 2.24) is 4.98 Å². The van der Waals surface area contributed by atoms with Gasteiger partial charge in [-0.1, -0.05) is 41.7 Å². The number of carbonyl (C=O) groups is 2. The van der Waals surface area contributed by atoms with Crippen LogP contribution in [0.5, 0.6) is 11.5 Å². The predicted molar refractivity (Wildman–Crippen MR) is 143 cm³/mol. The van der Waals surface area contributed by atoms with E-state index in [0.29, 0.717) is 27.8 Å². The summed E-state index contributed by atoms with van der Waals surface area (Å²) in [6.45, 7) is 5.56. The van der Waals surface area contributed by atoms with Crippen LogP contribution in [0.2, 0.25) is 5.02 Å². The molecular formula is C27H21ClN2O7S. The second-order valence-corrected chi connectivity index (χ2v) is 9.72. The lowest BCUT2D eigenvalue weighted by atomic mass is 9.98. The normalized spacial score (nSPS) is 14.5. The molecule has 0 radical (unpaired) electrons. The van der Waals surface area contributed by atoms with Crippen LogP contribution in [0.25, 0.3) is 11.0 Å². The van der Waals surface area contributed by atoms with Crippen LogP contribution < -0.4 is 19.8 Å². The van der Waals surface area contributed by atoms with Crippen LogP contribution in [-0.2, 0) is 4.74 Å². The zero-order chi connectivity index (χ0) is 27.1. The van der Waals surface area contributed by atoms with Gasteiger partial charge in [0.05, 0.1) is 36.9 Å². The van der Waals surface area contributed by atoms with Crippen LogP contribution in [0, 0.1) is 6.92 Å². The van der Waals surface area contributed by atoms with Crippen molar-refractivity contribution in [3.8, 4) is 11.5 Å². The molecule has 0 aliphatic carbocycles. The number of fused-ring (bicyclic) bond motifs is 2. The van der Waals surface area contributed by atoms with Crippen molar-refractivity contribution in [2.75, 3.05) is 25.7 Å². The Bertz CT molecular complexity index is 1680. The highest BCUT2D eigenvalue weighted by molar-refractivity contribution is 7.17. The molecule has 2 aromatic heterocycles. The Hall–Kier alpha value is -4.15. The Kier molecular flexibility index (Phi) is 6.68. The quantitative estimate of drug-likeness (QED) is 0.224. The lowest BCUT2D eigenvalue weighted by Crippen LogP contribution is -2.29. The number of aromatic nitrogens is 1. The average molecular weight is 553 g/mol. The van der Waals surface area contributed by atoms with Crippen LogP contribution >= 0.6 is 22.9 Å². The summed E-state index contributed by atoms with van der Waals surface area (Å²) in [6.07, 6.45) is 1.60. The molecule has 1 aliphatic heterocycles. The molecular weight excluding hydrogens is 532 g/mol. The first-order chi connectivity index (χ1) is 18.3. The number of rotatable bonds is 7. The Morgan fingerprint density at radius 3 is 2.71 bits per heavy atom. The highest BCUT2D eigenvalue weighted by Gasteiger charge is 2.45. The van der Waals surface area contributed by atoms with E-state index in [-0.39, 0.29) is 38.9 Å². The fourth-order valence-electron chi connectivity index (χ4n) is 4.35. The average Bonchev–Trinajstić information content (AvgIpc) is 3.44. The molecule has 0 saturated heterocycles. The number of hydrogen-bond donors (Lipinski definition) is 0. The lowest BCUT2D eigenvalue weighted by molar-refractivity contribution is 0.0605. The Morgan fingerprint density at radius 2 is 2.00 bits per heavy atom. The maximum absolute atomic E-state index is 13.8. The van der Waals surface area contributed by atoms with Gasteiger partial charge in [0, 0.05) is 5.02 Å². The van der Waals surface area contributed by atoms with Crippen molar-refractivity contribution in [3.63, 3.8) is 0 Å². The largest absolute Gasteiger partial charge is 0.493 e. The Balaban J connectivity index is 1.76. The van der Waals surface area contributed by atoms with Crippen molar-refractivity contribution >= 4 is 50.9 Å². The molecule has 0 spiro atoms. The highest BCUT2D eigenvalue weighted by atomic mass is 35.5. The zero-order valence-corrected chi connectivity index (χ0v) is 22.1. The second-order valence-electron chi connectivity index (χ2n) is 8.30. The van der Waals surface area contributed by atoms with Gasteiger partial charge in [0.15, 0.2) is 22.1 Å². The SMILES string of the molecule is C=CCOc1ccc(C2c3c(oc4ccc(Cl)cc4c3=O)C(=O)N2c2nc(C)c(C(=O)OC)s2)cc1OC. The third kappa shape index (κ3) is 4.11. The van der Waals surface area contributed by atoms with Crippen molar-refractivity contribution < 1.29 is 28.2 Å². The standard InChI is InChI=1S/C27H21ClN2O7S/c1-5-10-36-18-8-6-14(11-19(18)34-3)21-20-22(31)16-12-15(28)7-9-17(16)37-23(20)25(32)30(21)27-29-13(2)24(38-27)26(33)35-4/h5-9,11-12,21H,1,10H2,2-4H3. The number of nitrogens with zero attached hydrogens (tertiary/aromatic N) is 2. The first kappa shape index (κ1) is 25.5. The van der Waals surface area contributed by atoms with Gasteiger partial charge >= 0.3 is 5.97 Å². The summed E-state index contributed by atoms with van der Waals surface area (Å²) in [6, 6.07) is 8.78. The van der Waals surface area contributed by atoms with Gasteiger partial charge in [-0.2, -0.15) is 0 Å². The highest BCUT2D eigenvalue weighted by Crippen LogP contribution is 2.45. The van der Waals surface area contributed by atoms with Gasteiger partial charge in [0.2, 0.25) is 5.76 Å². The van der Waals surface area contributed by atoms with Crippen molar-refractivity contribution in [1.29, 1.82) is 0 Å². The van der Waals surface area contributed by atoms with E-state index in [1.807, 2.05) is 0 Å². The molecule has 3 heterocycles. The molecule has 0 N–H and O–H groups in total. The number of benzene rings is 2. The lowest BCUT2D eigenvalue weighted by Gasteiger charge is -2.23. The van der Waals surface area contributed by atoms with Gasteiger partial charge in [-0.3, -0.25) is 14.5 Å². The summed E-state index contributed by atoms with van der Waals surface area (Å²) in [5, 5.41) is 0.794. The van der Waals surface area contributed by atoms with Crippen LogP contribution in [0.3, 0.4) is 0 Å². The van der Waals surface area contributed by atoms with Gasteiger partial charge < -0.3 is 18.6 Å². The molecule has 5 rings (SSSR count). The molecule has 1 atom stereocenters. The third-order valence-corrected chi connectivity index (χ3v) is 7.43. The van der Waals surface area contributed by atoms with E-state index in [2.05, 4.69) is 11.6 Å². The van der Waals surface area contributed by atoms with E-state index in [0.717, 1.165) is 11.3 Å². The third-order valence-electron chi connectivity index (χ3n) is 6.05. The topological polar surface area (TPSA) is 108 Å². The maximum Gasteiger partial charge on any atom is 0.350 e. The number of amides is 1. The predicted octanol–water partition coefficient (Wildman–Crippen LogP) is 5.32. The van der Waals surface area contributed by atoms with Gasteiger partial charge in [0.25, 0.3) is 5.91 Å². The van der Waals surface area contributed by atoms with E-state index < -0.39 is 23.3 Å². The van der Waals surface area contributed by atoms with Crippen molar-refractivity contribution in [2.24, 2.45) is 0 Å². The van der Waals surface area contributed by atoms with Crippen LogP contribution in [0.1, 0.15) is 43.1 Å². The molecule has 4 aromatic rings. The van der Waals surface area contributed by atoms with Crippen molar-refractivity contribution in [2.45, 2.75) is 13.0 Å². The summed E-state index contributed by atoms with van der Waals surface area (Å²) in [7, 11) is 2.75. The van der Waals surface area contributed by atoms with E-state index in [1.54, 1.807) is 43.3 Å². The number of methoxy groups -OCH3 is 2. The molecule has 0 saturated carbocycles. The summed E-state index contributed by atoms with van der Waals surface area (Å²) >= 11 is 7.15. The number of aryl methyl sites for hydroxylation is 1. The first-order valence-corrected chi connectivity index (χ1v) is 12.6. The van der Waals surface area contributed by atoms with Crippen LogP contribution in [-0.4, -0.2) is 37.7 Å². The summed E-state index contributed by atoms with van der Waals surface area (Å²) in [5.74, 6) is -0.415. The number of halogens is 1. The van der Waals surface area contributed by atoms with Gasteiger partial charge in [0.1, 0.15) is 17.1 Å². The molecule has 194 valence electrons. The second kappa shape index (κ2) is 9.96. The van der Waals surface area contributed by atoms with E-state index >= 15 is 0 Å². The first-order valence-electron chi connectivity index (χ1n) is 11.4. The molecule has 1 amide bonds. The molecule has 1 aliphatic rings. The molecule has 38 heavy (non-hydrogen) atoms. The van der Waals surface area contributed by atoms with Crippen LogP contribution in [0.4, 0.5) is 5.13 Å². The molecule has 9 nitrogen and oxygen atoms in total. The van der Waals surface area contributed by atoms with E-state index in [1.165, 1.54) is 25.2 Å². The number of anilines is 1. The maximum atomic E-state index is 13.8. The fraction of sp³-hybridized carbons (Fsp3) is 0.185. The number of thiazole rings is 1. The summed E-state index contributed by atoms with van der Waals surface area (Å²) < 4.78 is 22.0. The Labute approximate surface area is 225 Å². The number of ether oxygens (including phenoxy) is 3. The number of hydrogen-bond acceptors (Lipinski definition) is 9. The zero-order valence-electron chi connectivity index (χ0n) is 20.6. The molecule has 0 bridgehead atoms. The summed E-state index contributed by atoms with van der Waals surface area (Å²) in [5.41, 5.74) is 0.877. The monoisotopic (exact) mass is 552 g/mol. The minimum absolute atomic E-state index is 0.117. The minimum Gasteiger partial charge on any atom is -0.493 e. The molecule has 0 fully saturated rings. The molecule has 2 aromatic carbocycles. The number of carbonyl (C=O) groups excluding carboxylic acids is 2.